The van der Waals surface area contributed by atoms with Gasteiger partial charge in [0.2, 0.25) is 0 Å². The molecule has 0 fully saturated rings. The van der Waals surface area contributed by atoms with Gasteiger partial charge in [0.05, 0.1) is 0 Å². The van der Waals surface area contributed by atoms with Gasteiger partial charge in [-0.05, 0) is 19.3 Å². The van der Waals surface area contributed by atoms with E-state index in [1.807, 2.05) is 6.92 Å². The maximum absolute atomic E-state index is 11.4. The molecule has 0 spiro atoms. The first kappa shape index (κ1) is 13.2. The maximum atomic E-state index is 11.4. The van der Waals surface area contributed by atoms with Crippen molar-refractivity contribution >= 4 is 5.97 Å². The summed E-state index contributed by atoms with van der Waals surface area (Å²) in [5.41, 5.74) is -0.232. The summed E-state index contributed by atoms with van der Waals surface area (Å²) < 4.78 is 1.42. The number of carboxylic acids is 1. The summed E-state index contributed by atoms with van der Waals surface area (Å²) in [6.45, 7) is 2.26. The molecule has 0 aliphatic carbocycles. The number of aliphatic carboxylic acids is 1. The van der Waals surface area contributed by atoms with E-state index in [4.69, 9.17) is 5.11 Å². The van der Waals surface area contributed by atoms with Gasteiger partial charge in [-0.2, -0.15) is 0 Å². The lowest BCUT2D eigenvalue weighted by Gasteiger charge is -2.05. The van der Waals surface area contributed by atoms with Crippen molar-refractivity contribution < 1.29 is 9.90 Å². The van der Waals surface area contributed by atoms with Gasteiger partial charge < -0.3 is 9.67 Å². The van der Waals surface area contributed by atoms with Gasteiger partial charge in [-0.15, -0.1) is 0 Å². The third-order valence-corrected chi connectivity index (χ3v) is 2.51. The highest BCUT2D eigenvalue weighted by Gasteiger charge is 2.03. The summed E-state index contributed by atoms with van der Waals surface area (Å²) in [4.78, 5) is 35.3. The number of H-pyrrole nitrogens is 1. The van der Waals surface area contributed by atoms with Crippen molar-refractivity contribution in [3.8, 4) is 0 Å². The van der Waals surface area contributed by atoms with Crippen molar-refractivity contribution in [3.05, 3.63) is 32.6 Å². The average Bonchev–Trinajstić information content (AvgIpc) is 2.26. The van der Waals surface area contributed by atoms with Crippen LogP contribution in [0.2, 0.25) is 0 Å². The summed E-state index contributed by atoms with van der Waals surface area (Å²) in [7, 11) is 0. The molecule has 6 nitrogen and oxygen atoms in total. The predicted octanol–water partition coefficient (Wildman–Crippen LogP) is 0.354. The van der Waals surface area contributed by atoms with Crippen molar-refractivity contribution in [1.29, 1.82) is 0 Å². The Morgan fingerprint density at radius 1 is 1.41 bits per heavy atom. The third kappa shape index (κ3) is 3.90. The number of carbonyl (C=O) groups is 1. The number of nitrogens with one attached hydrogen (secondary N) is 1. The van der Waals surface area contributed by atoms with Crippen LogP contribution in [-0.4, -0.2) is 20.6 Å². The van der Waals surface area contributed by atoms with Gasteiger partial charge >= 0.3 is 11.7 Å². The molecule has 1 aromatic rings. The molecule has 1 rings (SSSR count). The van der Waals surface area contributed by atoms with E-state index in [1.165, 1.54) is 4.57 Å². The van der Waals surface area contributed by atoms with Crippen molar-refractivity contribution in [1.82, 2.24) is 9.55 Å². The molecule has 1 aromatic heterocycles. The van der Waals surface area contributed by atoms with Gasteiger partial charge in [0.15, 0.2) is 0 Å². The van der Waals surface area contributed by atoms with E-state index >= 15 is 0 Å². The number of aryl methyl sites for hydroxylation is 2. The maximum Gasteiger partial charge on any atom is 0.328 e. The van der Waals surface area contributed by atoms with Crippen LogP contribution in [0.4, 0.5) is 0 Å². The molecule has 0 radical (unpaired) electrons. The second kappa shape index (κ2) is 6.03. The Morgan fingerprint density at radius 2 is 2.12 bits per heavy atom. The lowest BCUT2D eigenvalue weighted by molar-refractivity contribution is -0.137. The molecule has 2 N–H and O–H groups in total. The number of hydrogen-bond acceptors (Lipinski definition) is 3. The zero-order valence-corrected chi connectivity index (χ0v) is 9.73. The molecule has 0 aliphatic rings. The lowest BCUT2D eigenvalue weighted by atomic mass is 10.2. The first-order chi connectivity index (χ1) is 8.04. The van der Waals surface area contributed by atoms with Crippen molar-refractivity contribution in [2.75, 3.05) is 0 Å². The van der Waals surface area contributed by atoms with Gasteiger partial charge in [-0.3, -0.25) is 14.6 Å². The van der Waals surface area contributed by atoms with E-state index in [9.17, 15) is 14.4 Å². The number of unbranched alkanes of at least 4 members (excludes halogenated alkanes) is 1. The molecule has 0 saturated heterocycles. The van der Waals surface area contributed by atoms with E-state index < -0.39 is 11.7 Å². The van der Waals surface area contributed by atoms with Crippen LogP contribution in [0.1, 0.15) is 31.7 Å². The minimum absolute atomic E-state index is 0.0960. The largest absolute Gasteiger partial charge is 0.481 e. The molecule has 0 aliphatic heterocycles. The summed E-state index contributed by atoms with van der Waals surface area (Å²) in [6.07, 6.45) is 3.31. The first-order valence-electron chi connectivity index (χ1n) is 5.59. The van der Waals surface area contributed by atoms with Crippen LogP contribution in [-0.2, 0) is 17.8 Å². The number of carboxylic acid groups (broad SMARTS) is 1. The number of rotatable bonds is 6. The first-order valence-corrected chi connectivity index (χ1v) is 5.59. The van der Waals surface area contributed by atoms with Gasteiger partial charge in [-0.25, -0.2) is 4.79 Å². The Labute approximate surface area is 97.9 Å². The normalized spacial score (nSPS) is 10.4. The number of aromatic nitrogens is 2. The standard InChI is InChI=1S/C11H16N2O4/c1-2-8-7-13(11(17)12-10(8)16)6-4-3-5-9(14)15/h7H,2-6H2,1H3,(H,14,15)(H,12,16,17). The quantitative estimate of drug-likeness (QED) is 0.702. The number of aromatic amines is 1. The molecule has 0 aromatic carbocycles. The van der Waals surface area contributed by atoms with E-state index in [1.54, 1.807) is 6.20 Å². The molecule has 0 amide bonds. The molecule has 94 valence electrons. The number of nitrogens with zero attached hydrogens (tertiary/aromatic N) is 1. The zero-order chi connectivity index (χ0) is 12.8. The van der Waals surface area contributed by atoms with Crippen molar-refractivity contribution in [2.24, 2.45) is 0 Å². The minimum Gasteiger partial charge on any atom is -0.481 e. The van der Waals surface area contributed by atoms with Crippen LogP contribution in [0.5, 0.6) is 0 Å². The topological polar surface area (TPSA) is 92.2 Å². The SMILES string of the molecule is CCc1cn(CCCCC(=O)O)c(=O)[nH]c1=O. The fourth-order valence-electron chi connectivity index (χ4n) is 1.53. The predicted molar refractivity (Wildman–Crippen MR) is 62.2 cm³/mol. The fourth-order valence-corrected chi connectivity index (χ4v) is 1.53. The third-order valence-electron chi connectivity index (χ3n) is 2.51. The lowest BCUT2D eigenvalue weighted by Crippen LogP contribution is -2.31. The minimum atomic E-state index is -0.840. The highest BCUT2D eigenvalue weighted by molar-refractivity contribution is 5.66. The van der Waals surface area contributed by atoms with Crippen LogP contribution < -0.4 is 11.2 Å². The molecule has 0 unspecified atom stereocenters. The van der Waals surface area contributed by atoms with Crippen LogP contribution in [0, 0.1) is 0 Å². The molecule has 1 heterocycles. The fraction of sp³-hybridized carbons (Fsp3) is 0.545. The molecule has 0 bridgehead atoms. The van der Waals surface area contributed by atoms with Crippen LogP contribution in [0.3, 0.4) is 0 Å². The second-order valence-corrected chi connectivity index (χ2v) is 3.81. The molecular weight excluding hydrogens is 224 g/mol. The monoisotopic (exact) mass is 240 g/mol. The Hall–Kier alpha value is -1.85. The molecule has 0 atom stereocenters. The van der Waals surface area contributed by atoms with Crippen LogP contribution >= 0.6 is 0 Å². The van der Waals surface area contributed by atoms with Crippen molar-refractivity contribution in [2.45, 2.75) is 39.2 Å². The van der Waals surface area contributed by atoms with E-state index in [-0.39, 0.29) is 12.0 Å². The van der Waals surface area contributed by atoms with Crippen LogP contribution in [0.25, 0.3) is 0 Å². The van der Waals surface area contributed by atoms with Crippen molar-refractivity contribution in [3.63, 3.8) is 0 Å². The zero-order valence-electron chi connectivity index (χ0n) is 9.73. The smallest absolute Gasteiger partial charge is 0.328 e. The molecule has 17 heavy (non-hydrogen) atoms. The van der Waals surface area contributed by atoms with Crippen LogP contribution in [0.15, 0.2) is 15.8 Å². The summed E-state index contributed by atoms with van der Waals surface area (Å²) >= 11 is 0. The van der Waals surface area contributed by atoms with E-state index in [0.29, 0.717) is 31.4 Å². The summed E-state index contributed by atoms with van der Waals surface area (Å²) in [5.74, 6) is -0.840. The summed E-state index contributed by atoms with van der Waals surface area (Å²) in [6, 6.07) is 0. The van der Waals surface area contributed by atoms with E-state index in [0.717, 1.165) is 0 Å². The Kier molecular flexibility index (Phi) is 4.68. The average molecular weight is 240 g/mol. The Morgan fingerprint density at radius 3 is 2.71 bits per heavy atom. The van der Waals surface area contributed by atoms with Gasteiger partial charge in [0.25, 0.3) is 5.56 Å². The Balaban J connectivity index is 2.68. The highest BCUT2D eigenvalue weighted by atomic mass is 16.4. The summed E-state index contributed by atoms with van der Waals surface area (Å²) in [5, 5.41) is 8.47. The van der Waals surface area contributed by atoms with Gasteiger partial charge in [-0.1, -0.05) is 6.92 Å². The molecule has 0 saturated carbocycles. The highest BCUT2D eigenvalue weighted by Crippen LogP contribution is 1.98. The molecule has 6 heteroatoms. The molecular formula is C11H16N2O4. The van der Waals surface area contributed by atoms with Gasteiger partial charge in [0, 0.05) is 24.7 Å². The Bertz CT molecular complexity index is 501. The van der Waals surface area contributed by atoms with E-state index in [2.05, 4.69) is 4.98 Å². The second-order valence-electron chi connectivity index (χ2n) is 3.81. The van der Waals surface area contributed by atoms with Gasteiger partial charge in [0.1, 0.15) is 0 Å². The number of hydrogen-bond donors (Lipinski definition) is 2.